The molecule has 1 fully saturated rings. The van der Waals surface area contributed by atoms with Crippen LogP contribution in [-0.2, 0) is 11.3 Å². The van der Waals surface area contributed by atoms with Gasteiger partial charge in [-0.15, -0.1) is 0 Å². The fourth-order valence-electron chi connectivity index (χ4n) is 3.09. The number of nitro benzene ring substituents is 1. The maximum absolute atomic E-state index is 12.8. The Morgan fingerprint density at radius 1 is 1.03 bits per heavy atom. The van der Waals surface area contributed by atoms with Crippen LogP contribution in [0.25, 0.3) is 11.8 Å². The minimum absolute atomic E-state index is 0.0425. The molecule has 0 spiro atoms. The first-order chi connectivity index (χ1) is 14.8. The number of hydrogen-bond acceptors (Lipinski definition) is 5. The molecule has 2 amide bonds. The highest BCUT2D eigenvalue weighted by atomic mass is 35.5. The topological polar surface area (TPSA) is 85.5 Å². The van der Waals surface area contributed by atoms with E-state index in [0.29, 0.717) is 27.0 Å². The number of halogens is 2. The number of amides is 2. The van der Waals surface area contributed by atoms with Gasteiger partial charge in [0.2, 0.25) is 0 Å². The molecule has 1 aromatic heterocycles. The van der Waals surface area contributed by atoms with Crippen LogP contribution in [0.2, 0.25) is 10.0 Å². The summed E-state index contributed by atoms with van der Waals surface area (Å²) >= 11 is 12.8. The van der Waals surface area contributed by atoms with Crippen molar-refractivity contribution in [3.63, 3.8) is 0 Å². The molecule has 0 radical (unpaired) electrons. The number of benzene rings is 2. The summed E-state index contributed by atoms with van der Waals surface area (Å²) in [6, 6.07) is 14.6. The van der Waals surface area contributed by atoms with Gasteiger partial charge in [0.15, 0.2) is 0 Å². The first kappa shape index (κ1) is 21.2. The smallest absolute Gasteiger partial charge is 0.293 e. The Labute approximate surface area is 191 Å². The predicted molar refractivity (Wildman–Crippen MR) is 120 cm³/mol. The first-order valence-electron chi connectivity index (χ1n) is 8.95. The lowest BCUT2D eigenvalue weighted by Crippen LogP contribution is -2.27. The molecule has 4 rings (SSSR count). The maximum Gasteiger partial charge on any atom is 0.293 e. The zero-order valence-corrected chi connectivity index (χ0v) is 18.0. The molecule has 1 saturated heterocycles. The van der Waals surface area contributed by atoms with Crippen LogP contribution in [0.1, 0.15) is 11.3 Å². The summed E-state index contributed by atoms with van der Waals surface area (Å²) in [4.78, 5) is 37.3. The van der Waals surface area contributed by atoms with E-state index in [9.17, 15) is 19.7 Å². The number of non-ortho nitro benzene ring substituents is 1. The van der Waals surface area contributed by atoms with Gasteiger partial charge in [-0.3, -0.25) is 24.6 Å². The Hall–Kier alpha value is -3.07. The van der Waals surface area contributed by atoms with Crippen molar-refractivity contribution < 1.29 is 14.5 Å². The molecule has 0 saturated carbocycles. The van der Waals surface area contributed by atoms with E-state index in [1.165, 1.54) is 12.1 Å². The molecule has 0 bridgehead atoms. The molecule has 0 unspecified atom stereocenters. The van der Waals surface area contributed by atoms with Crippen LogP contribution in [0, 0.1) is 10.1 Å². The summed E-state index contributed by atoms with van der Waals surface area (Å²) in [5.41, 5.74) is 1.82. The molecule has 7 nitrogen and oxygen atoms in total. The van der Waals surface area contributed by atoms with Gasteiger partial charge in [0.1, 0.15) is 0 Å². The van der Waals surface area contributed by atoms with Gasteiger partial charge in [-0.1, -0.05) is 35.3 Å². The monoisotopic (exact) mass is 473 g/mol. The van der Waals surface area contributed by atoms with Crippen molar-refractivity contribution in [3.05, 3.63) is 97.1 Å². The molecule has 2 heterocycles. The zero-order chi connectivity index (χ0) is 22.1. The third-order valence-electron chi connectivity index (χ3n) is 4.58. The Balaban J connectivity index is 1.61. The van der Waals surface area contributed by atoms with Crippen molar-refractivity contribution in [1.82, 2.24) is 9.47 Å². The second-order valence-electron chi connectivity index (χ2n) is 6.60. The average Bonchev–Trinajstić information content (AvgIpc) is 3.31. The van der Waals surface area contributed by atoms with Gasteiger partial charge >= 0.3 is 0 Å². The van der Waals surface area contributed by atoms with Crippen molar-refractivity contribution in [1.29, 1.82) is 0 Å². The number of imide groups is 1. The summed E-state index contributed by atoms with van der Waals surface area (Å²) in [6.07, 6.45) is 3.32. The quantitative estimate of drug-likeness (QED) is 0.260. The second kappa shape index (κ2) is 8.58. The molecule has 31 heavy (non-hydrogen) atoms. The van der Waals surface area contributed by atoms with Crippen molar-refractivity contribution in [2.75, 3.05) is 0 Å². The van der Waals surface area contributed by atoms with Crippen LogP contribution in [0.5, 0.6) is 0 Å². The molecule has 1 aliphatic rings. The van der Waals surface area contributed by atoms with E-state index in [1.807, 2.05) is 0 Å². The van der Waals surface area contributed by atoms with Crippen LogP contribution in [-0.4, -0.2) is 25.5 Å². The van der Waals surface area contributed by atoms with Crippen LogP contribution < -0.4 is 0 Å². The summed E-state index contributed by atoms with van der Waals surface area (Å²) in [5, 5.41) is 11.4. The highest BCUT2D eigenvalue weighted by molar-refractivity contribution is 8.18. The highest BCUT2D eigenvalue weighted by Crippen LogP contribution is 2.34. The van der Waals surface area contributed by atoms with E-state index in [0.717, 1.165) is 16.7 Å². The maximum atomic E-state index is 12.8. The lowest BCUT2D eigenvalue weighted by Gasteiger charge is -2.13. The number of nitro groups is 1. The first-order valence-corrected chi connectivity index (χ1v) is 10.5. The van der Waals surface area contributed by atoms with Crippen LogP contribution in [0.3, 0.4) is 0 Å². The average molecular weight is 474 g/mol. The molecule has 0 aliphatic carbocycles. The van der Waals surface area contributed by atoms with E-state index < -0.39 is 16.1 Å². The molecule has 0 N–H and O–H groups in total. The minimum atomic E-state index is -0.471. The predicted octanol–water partition coefficient (Wildman–Crippen LogP) is 5.93. The van der Waals surface area contributed by atoms with E-state index in [-0.39, 0.29) is 17.1 Å². The van der Waals surface area contributed by atoms with Crippen LogP contribution in [0.15, 0.2) is 65.7 Å². The van der Waals surface area contributed by atoms with Gasteiger partial charge in [0, 0.05) is 24.0 Å². The van der Waals surface area contributed by atoms with Crippen molar-refractivity contribution >= 4 is 57.9 Å². The summed E-state index contributed by atoms with van der Waals surface area (Å²) in [6.45, 7) is 0.0742. The molecule has 156 valence electrons. The number of rotatable bonds is 5. The highest BCUT2D eigenvalue weighted by Gasteiger charge is 2.35. The number of aromatic nitrogens is 1. The number of thioether (sulfide) groups is 1. The standard InChI is InChI=1S/C21H13Cl2N3O4S/c22-17-7-6-13(9-18(17)23)12-25-20(27)19(31-21(25)28)11-15-5-2-8-24(15)14-3-1-4-16(10-14)26(29)30/h1-11H,12H2/b19-11-. The lowest BCUT2D eigenvalue weighted by atomic mass is 10.2. The van der Waals surface area contributed by atoms with Gasteiger partial charge < -0.3 is 4.57 Å². The molecule has 0 atom stereocenters. The molecule has 3 aromatic rings. The molecule has 10 heteroatoms. The zero-order valence-electron chi connectivity index (χ0n) is 15.7. The third kappa shape index (κ3) is 4.36. The Morgan fingerprint density at radius 3 is 2.58 bits per heavy atom. The summed E-state index contributed by atoms with van der Waals surface area (Å²) < 4.78 is 1.71. The van der Waals surface area contributed by atoms with Crippen molar-refractivity contribution in [3.8, 4) is 5.69 Å². The number of hydrogen-bond donors (Lipinski definition) is 0. The van der Waals surface area contributed by atoms with Gasteiger partial charge in [0.05, 0.1) is 32.1 Å². The van der Waals surface area contributed by atoms with Crippen LogP contribution in [0.4, 0.5) is 10.5 Å². The van der Waals surface area contributed by atoms with Crippen molar-refractivity contribution in [2.45, 2.75) is 6.54 Å². The third-order valence-corrected chi connectivity index (χ3v) is 6.22. The summed E-state index contributed by atoms with van der Waals surface area (Å²) in [7, 11) is 0. The number of nitrogens with zero attached hydrogens (tertiary/aromatic N) is 3. The molecule has 1 aliphatic heterocycles. The fraction of sp³-hybridized carbons (Fsp3) is 0.0476. The lowest BCUT2D eigenvalue weighted by molar-refractivity contribution is -0.384. The van der Waals surface area contributed by atoms with Crippen molar-refractivity contribution in [2.24, 2.45) is 0 Å². The van der Waals surface area contributed by atoms with Gasteiger partial charge in [-0.25, -0.2) is 0 Å². The molecular formula is C21H13Cl2N3O4S. The normalized spacial score (nSPS) is 15.2. The van der Waals surface area contributed by atoms with Gasteiger partial charge in [0.25, 0.3) is 16.8 Å². The molecular weight excluding hydrogens is 461 g/mol. The van der Waals surface area contributed by atoms with E-state index in [2.05, 4.69) is 0 Å². The van der Waals surface area contributed by atoms with Gasteiger partial charge in [-0.2, -0.15) is 0 Å². The minimum Gasteiger partial charge on any atom is -0.317 e. The van der Waals surface area contributed by atoms with E-state index in [4.69, 9.17) is 23.2 Å². The fourth-order valence-corrected chi connectivity index (χ4v) is 4.24. The summed E-state index contributed by atoms with van der Waals surface area (Å²) in [5.74, 6) is -0.423. The van der Waals surface area contributed by atoms with Gasteiger partial charge in [-0.05, 0) is 53.7 Å². The van der Waals surface area contributed by atoms with Crippen LogP contribution >= 0.6 is 35.0 Å². The Kier molecular flexibility index (Phi) is 5.86. The number of carbonyl (C=O) groups excluding carboxylic acids is 2. The van der Waals surface area contributed by atoms with E-state index >= 15 is 0 Å². The SMILES string of the molecule is O=C1S/C(=C\c2cccn2-c2cccc([N+](=O)[O-])c2)C(=O)N1Cc1ccc(Cl)c(Cl)c1. The molecule has 2 aromatic carbocycles. The largest absolute Gasteiger partial charge is 0.317 e. The Bertz CT molecular complexity index is 1250. The Morgan fingerprint density at radius 2 is 1.84 bits per heavy atom. The van der Waals surface area contributed by atoms with E-state index in [1.54, 1.807) is 59.3 Å². The number of carbonyl (C=O) groups is 2. The second-order valence-corrected chi connectivity index (χ2v) is 8.40.